The molecule has 3 N–H and O–H groups in total. The quantitative estimate of drug-likeness (QED) is 0.573. The second-order valence-corrected chi connectivity index (χ2v) is 3.37. The Balaban J connectivity index is 2.60. The van der Waals surface area contributed by atoms with Crippen LogP contribution in [0.15, 0.2) is 24.3 Å². The Labute approximate surface area is 99.3 Å². The van der Waals surface area contributed by atoms with Crippen molar-refractivity contribution in [2.24, 2.45) is 5.84 Å². The predicted molar refractivity (Wildman–Crippen MR) is 62.3 cm³/mol. The Hall–Kier alpha value is -1.66. The molecule has 0 amide bonds. The smallest absolute Gasteiger partial charge is 0.328 e. The van der Waals surface area contributed by atoms with E-state index in [0.29, 0.717) is 18.8 Å². The maximum atomic E-state index is 13.5. The van der Waals surface area contributed by atoms with Gasteiger partial charge in [-0.05, 0) is 19.1 Å². The van der Waals surface area contributed by atoms with Gasteiger partial charge in [-0.1, -0.05) is 17.7 Å². The highest BCUT2D eigenvalue weighted by molar-refractivity contribution is 5.69. The molecule has 0 aliphatic heterocycles. The number of anilines is 1. The van der Waals surface area contributed by atoms with E-state index in [9.17, 15) is 9.18 Å². The van der Waals surface area contributed by atoms with Gasteiger partial charge in [0.25, 0.3) is 0 Å². The van der Waals surface area contributed by atoms with Crippen molar-refractivity contribution in [1.82, 2.24) is 5.59 Å². The fraction of sp³-hybridized carbons (Fsp3) is 0.364. The van der Waals surface area contributed by atoms with Gasteiger partial charge in [0.15, 0.2) is 0 Å². The zero-order valence-corrected chi connectivity index (χ0v) is 9.65. The number of halogens is 1. The van der Waals surface area contributed by atoms with E-state index >= 15 is 0 Å². The Morgan fingerprint density at radius 1 is 1.53 bits per heavy atom. The molecule has 0 heterocycles. The fourth-order valence-electron chi connectivity index (χ4n) is 1.50. The Bertz CT molecular complexity index is 373. The summed E-state index contributed by atoms with van der Waals surface area (Å²) in [6, 6.07) is 6.43. The summed E-state index contributed by atoms with van der Waals surface area (Å²) in [5.41, 5.74) is 2.29. The zero-order valence-electron chi connectivity index (χ0n) is 9.65. The van der Waals surface area contributed by atoms with Crippen LogP contribution in [0, 0.1) is 5.82 Å². The molecule has 0 aromatic heterocycles. The summed E-state index contributed by atoms with van der Waals surface area (Å²) >= 11 is 0. The minimum atomic E-state index is -0.484. The van der Waals surface area contributed by atoms with Crippen molar-refractivity contribution in [3.05, 3.63) is 30.1 Å². The third kappa shape index (κ3) is 4.01. The molecule has 1 rings (SSSR count). The Morgan fingerprint density at radius 3 is 2.82 bits per heavy atom. The lowest BCUT2D eigenvalue weighted by Gasteiger charge is -2.22. The van der Waals surface area contributed by atoms with Crippen LogP contribution in [0.2, 0.25) is 0 Å². The van der Waals surface area contributed by atoms with Gasteiger partial charge in [-0.3, -0.25) is 4.79 Å². The molecule has 0 spiro atoms. The van der Waals surface area contributed by atoms with Crippen LogP contribution in [0.1, 0.15) is 13.3 Å². The number of hydrazine groups is 1. The lowest BCUT2D eigenvalue weighted by atomic mass is 10.2. The number of carbonyl (C=O) groups excluding carboxylic acids is 1. The molecule has 0 fully saturated rings. The van der Waals surface area contributed by atoms with E-state index in [4.69, 9.17) is 5.84 Å². The number of rotatable bonds is 6. The van der Waals surface area contributed by atoms with Crippen molar-refractivity contribution in [1.29, 1.82) is 0 Å². The van der Waals surface area contributed by atoms with Gasteiger partial charge in [-0.2, -0.15) is 0 Å². The summed E-state index contributed by atoms with van der Waals surface area (Å²) in [4.78, 5) is 17.2. The Kier molecular flexibility index (Phi) is 5.38. The predicted octanol–water partition coefficient (Wildman–Crippen LogP) is 0.964. The van der Waals surface area contributed by atoms with Crippen molar-refractivity contribution in [2.45, 2.75) is 13.3 Å². The van der Waals surface area contributed by atoms with Gasteiger partial charge in [0.1, 0.15) is 5.82 Å². The van der Waals surface area contributed by atoms with E-state index in [1.54, 1.807) is 23.1 Å². The first kappa shape index (κ1) is 13.4. The molecular weight excluding hydrogens is 225 g/mol. The molecule has 0 bridgehead atoms. The maximum absolute atomic E-state index is 13.5. The fourth-order valence-corrected chi connectivity index (χ4v) is 1.50. The normalized spacial score (nSPS) is 10.1. The molecule has 5 nitrogen and oxygen atoms in total. The van der Waals surface area contributed by atoms with Crippen LogP contribution < -0.4 is 16.3 Å². The second-order valence-electron chi connectivity index (χ2n) is 3.37. The summed E-state index contributed by atoms with van der Waals surface area (Å²) in [6.07, 6.45) is 0.131. The number of nitrogens with two attached hydrogens (primary N) is 1. The van der Waals surface area contributed by atoms with Crippen molar-refractivity contribution in [3.63, 3.8) is 0 Å². The Morgan fingerprint density at radius 2 is 2.24 bits per heavy atom. The molecule has 0 saturated heterocycles. The molecule has 94 valence electrons. The van der Waals surface area contributed by atoms with Crippen LogP contribution in [0.25, 0.3) is 0 Å². The van der Waals surface area contributed by atoms with Crippen molar-refractivity contribution in [3.8, 4) is 0 Å². The molecule has 0 radical (unpaired) electrons. The average molecular weight is 241 g/mol. The van der Waals surface area contributed by atoms with E-state index in [1.165, 1.54) is 6.07 Å². The summed E-state index contributed by atoms with van der Waals surface area (Å²) in [5.74, 6) is 4.05. The largest absolute Gasteiger partial charge is 0.369 e. The van der Waals surface area contributed by atoms with Crippen LogP contribution in [0.3, 0.4) is 0 Å². The van der Waals surface area contributed by atoms with Gasteiger partial charge in [0.2, 0.25) is 0 Å². The van der Waals surface area contributed by atoms with Crippen molar-refractivity contribution < 1.29 is 14.0 Å². The molecule has 0 atom stereocenters. The van der Waals surface area contributed by atoms with Gasteiger partial charge in [0, 0.05) is 13.1 Å². The second kappa shape index (κ2) is 6.82. The minimum absolute atomic E-state index is 0.131. The first-order valence-corrected chi connectivity index (χ1v) is 5.33. The lowest BCUT2D eigenvalue weighted by Crippen LogP contribution is -2.31. The molecular formula is C11H16FN3O2. The molecule has 1 aromatic rings. The number of hydrogen-bond acceptors (Lipinski definition) is 5. The van der Waals surface area contributed by atoms with E-state index < -0.39 is 5.97 Å². The van der Waals surface area contributed by atoms with E-state index in [0.717, 1.165) is 0 Å². The molecule has 0 unspecified atom stereocenters. The van der Waals surface area contributed by atoms with E-state index in [-0.39, 0.29) is 12.2 Å². The van der Waals surface area contributed by atoms with Gasteiger partial charge in [-0.25, -0.2) is 10.2 Å². The third-order valence-electron chi connectivity index (χ3n) is 2.33. The number of nitrogens with zero attached hydrogens (tertiary/aromatic N) is 1. The first-order valence-electron chi connectivity index (χ1n) is 5.33. The van der Waals surface area contributed by atoms with Gasteiger partial charge in [0.05, 0.1) is 12.1 Å². The van der Waals surface area contributed by atoms with E-state index in [2.05, 4.69) is 4.84 Å². The minimum Gasteiger partial charge on any atom is -0.369 e. The number of para-hydroxylation sites is 1. The van der Waals surface area contributed by atoms with Crippen LogP contribution in [-0.2, 0) is 9.63 Å². The van der Waals surface area contributed by atoms with Crippen molar-refractivity contribution in [2.75, 3.05) is 18.0 Å². The molecule has 0 saturated carbocycles. The first-order chi connectivity index (χ1) is 8.19. The molecule has 1 aromatic carbocycles. The van der Waals surface area contributed by atoms with Gasteiger partial charge in [-0.15, -0.1) is 0 Å². The van der Waals surface area contributed by atoms with Crippen LogP contribution in [-0.4, -0.2) is 19.1 Å². The summed E-state index contributed by atoms with van der Waals surface area (Å²) in [6.45, 7) is 2.86. The van der Waals surface area contributed by atoms with Crippen LogP contribution in [0.4, 0.5) is 10.1 Å². The number of carbonyl (C=O) groups is 1. The number of hydrogen-bond donors (Lipinski definition) is 2. The lowest BCUT2D eigenvalue weighted by molar-refractivity contribution is -0.151. The van der Waals surface area contributed by atoms with E-state index in [1.807, 2.05) is 12.5 Å². The zero-order chi connectivity index (χ0) is 12.7. The van der Waals surface area contributed by atoms with Gasteiger partial charge < -0.3 is 9.74 Å². The highest BCUT2D eigenvalue weighted by atomic mass is 19.1. The maximum Gasteiger partial charge on any atom is 0.328 e. The number of benzene rings is 1. The topological polar surface area (TPSA) is 67.6 Å². The summed E-state index contributed by atoms with van der Waals surface area (Å²) in [7, 11) is 0. The standard InChI is InChI=1S/C11H16FN3O2/c1-2-15(8-7-11(16)17-14-13)10-6-4-3-5-9(10)12/h3-6,14H,2,7-8,13H2,1H3. The monoisotopic (exact) mass is 241 g/mol. The molecule has 0 aliphatic carbocycles. The third-order valence-corrected chi connectivity index (χ3v) is 2.33. The number of nitrogens with one attached hydrogen (secondary N) is 1. The molecule has 6 heteroatoms. The average Bonchev–Trinajstić information content (AvgIpc) is 2.32. The molecule has 17 heavy (non-hydrogen) atoms. The summed E-state index contributed by atoms with van der Waals surface area (Å²) in [5, 5.41) is 0. The van der Waals surface area contributed by atoms with Crippen LogP contribution >= 0.6 is 0 Å². The van der Waals surface area contributed by atoms with Crippen molar-refractivity contribution >= 4 is 11.7 Å². The van der Waals surface area contributed by atoms with Gasteiger partial charge >= 0.3 is 5.97 Å². The molecule has 0 aliphatic rings. The summed E-state index contributed by atoms with van der Waals surface area (Å²) < 4.78 is 13.5. The van der Waals surface area contributed by atoms with Crippen LogP contribution in [0.5, 0.6) is 0 Å². The SMILES string of the molecule is CCN(CCC(=O)ONN)c1ccccc1F. The highest BCUT2D eigenvalue weighted by Crippen LogP contribution is 2.18. The highest BCUT2D eigenvalue weighted by Gasteiger charge is 2.11.